The van der Waals surface area contributed by atoms with Gasteiger partial charge in [-0.1, -0.05) is 13.8 Å². The molecule has 0 radical (unpaired) electrons. The van der Waals surface area contributed by atoms with E-state index >= 15 is 0 Å². The lowest BCUT2D eigenvalue weighted by molar-refractivity contribution is -0.159. The third-order valence-corrected chi connectivity index (χ3v) is 4.22. The van der Waals surface area contributed by atoms with Gasteiger partial charge in [0, 0.05) is 6.54 Å². The monoisotopic (exact) mass is 197 g/mol. The summed E-state index contributed by atoms with van der Waals surface area (Å²) < 4.78 is 6.18. The molecule has 2 nitrogen and oxygen atoms in total. The molecule has 2 fully saturated rings. The van der Waals surface area contributed by atoms with E-state index in [2.05, 4.69) is 20.8 Å². The molecule has 1 aliphatic heterocycles. The number of rotatable bonds is 2. The van der Waals surface area contributed by atoms with Crippen LogP contribution in [0.25, 0.3) is 0 Å². The van der Waals surface area contributed by atoms with Gasteiger partial charge in [0.2, 0.25) is 0 Å². The van der Waals surface area contributed by atoms with Gasteiger partial charge < -0.3 is 10.5 Å². The van der Waals surface area contributed by atoms with E-state index in [0.29, 0.717) is 6.54 Å². The number of nitrogens with two attached hydrogens (primary N) is 1. The van der Waals surface area contributed by atoms with Crippen molar-refractivity contribution in [2.75, 3.05) is 6.54 Å². The largest absolute Gasteiger partial charge is 0.368 e. The van der Waals surface area contributed by atoms with Gasteiger partial charge >= 0.3 is 0 Å². The average Bonchev–Trinajstić information content (AvgIpc) is 2.42. The molecule has 2 rings (SSSR count). The predicted octanol–water partition coefficient (Wildman–Crippen LogP) is 2.32. The summed E-state index contributed by atoms with van der Waals surface area (Å²) in [6, 6.07) is 0. The summed E-state index contributed by atoms with van der Waals surface area (Å²) in [4.78, 5) is 0. The Morgan fingerprint density at radius 1 is 1.36 bits per heavy atom. The molecular weight excluding hydrogens is 174 g/mol. The Kier molecular flexibility index (Phi) is 2.39. The molecule has 2 heteroatoms. The molecule has 1 atom stereocenters. The van der Waals surface area contributed by atoms with Crippen LogP contribution >= 0.6 is 0 Å². The van der Waals surface area contributed by atoms with Gasteiger partial charge in [-0.25, -0.2) is 0 Å². The normalized spacial score (nSPS) is 47.4. The molecule has 82 valence electrons. The molecule has 0 aromatic carbocycles. The van der Waals surface area contributed by atoms with Crippen LogP contribution < -0.4 is 5.73 Å². The average molecular weight is 197 g/mol. The van der Waals surface area contributed by atoms with E-state index in [1.807, 2.05) is 0 Å². The van der Waals surface area contributed by atoms with Gasteiger partial charge in [-0.05, 0) is 44.4 Å². The topological polar surface area (TPSA) is 35.2 Å². The standard InChI is InChI=1S/C12H23NO/c1-9(2)10-6-12(7-10)5-4-11(3,8-13)14-12/h9-10H,4-8,13H2,1-3H3. The van der Waals surface area contributed by atoms with Gasteiger partial charge in [0.05, 0.1) is 11.2 Å². The van der Waals surface area contributed by atoms with Crippen molar-refractivity contribution in [3.05, 3.63) is 0 Å². The molecule has 1 aliphatic carbocycles. The Balaban J connectivity index is 1.92. The molecule has 1 spiro atoms. The van der Waals surface area contributed by atoms with Crippen molar-refractivity contribution >= 4 is 0 Å². The molecule has 2 aliphatic rings. The number of ether oxygens (including phenoxy) is 1. The molecular formula is C12H23NO. The highest BCUT2D eigenvalue weighted by molar-refractivity contribution is 5.04. The van der Waals surface area contributed by atoms with Crippen molar-refractivity contribution in [3.63, 3.8) is 0 Å². The lowest BCUT2D eigenvalue weighted by Gasteiger charge is -2.47. The zero-order valence-corrected chi connectivity index (χ0v) is 9.68. The summed E-state index contributed by atoms with van der Waals surface area (Å²) in [5.74, 6) is 1.70. The van der Waals surface area contributed by atoms with Gasteiger partial charge in [-0.3, -0.25) is 0 Å². The van der Waals surface area contributed by atoms with E-state index < -0.39 is 0 Å². The summed E-state index contributed by atoms with van der Waals surface area (Å²) in [5.41, 5.74) is 5.94. The first-order valence-electron chi connectivity index (χ1n) is 5.89. The third kappa shape index (κ3) is 1.59. The molecule has 0 aromatic rings. The molecule has 0 amide bonds. The maximum atomic E-state index is 6.18. The molecule has 1 saturated heterocycles. The van der Waals surface area contributed by atoms with Crippen molar-refractivity contribution in [2.45, 2.75) is 57.7 Å². The molecule has 14 heavy (non-hydrogen) atoms. The fourth-order valence-corrected chi connectivity index (χ4v) is 2.92. The first kappa shape index (κ1) is 10.4. The van der Waals surface area contributed by atoms with Crippen LogP contribution in [0.4, 0.5) is 0 Å². The minimum atomic E-state index is -0.0258. The summed E-state index contributed by atoms with van der Waals surface area (Å²) >= 11 is 0. The smallest absolute Gasteiger partial charge is 0.0784 e. The summed E-state index contributed by atoms with van der Waals surface area (Å²) in [7, 11) is 0. The predicted molar refractivity (Wildman–Crippen MR) is 58.1 cm³/mol. The van der Waals surface area contributed by atoms with E-state index in [4.69, 9.17) is 10.5 Å². The zero-order valence-electron chi connectivity index (χ0n) is 9.68. The fraction of sp³-hybridized carbons (Fsp3) is 1.00. The number of hydrogen-bond acceptors (Lipinski definition) is 2. The molecule has 2 N–H and O–H groups in total. The minimum Gasteiger partial charge on any atom is -0.368 e. The van der Waals surface area contributed by atoms with Crippen LogP contribution in [-0.2, 0) is 4.74 Å². The van der Waals surface area contributed by atoms with Gasteiger partial charge in [0.15, 0.2) is 0 Å². The van der Waals surface area contributed by atoms with Crippen LogP contribution in [0.2, 0.25) is 0 Å². The van der Waals surface area contributed by atoms with Crippen molar-refractivity contribution in [1.82, 2.24) is 0 Å². The second-order valence-electron chi connectivity index (χ2n) is 5.85. The fourth-order valence-electron chi connectivity index (χ4n) is 2.92. The summed E-state index contributed by atoms with van der Waals surface area (Å²) in [6.45, 7) is 7.45. The van der Waals surface area contributed by atoms with Gasteiger partial charge in [-0.2, -0.15) is 0 Å². The Labute approximate surface area is 87.2 Å². The van der Waals surface area contributed by atoms with Crippen molar-refractivity contribution in [2.24, 2.45) is 17.6 Å². The molecule has 1 saturated carbocycles. The van der Waals surface area contributed by atoms with E-state index in [0.717, 1.165) is 18.3 Å². The quantitative estimate of drug-likeness (QED) is 0.737. The van der Waals surface area contributed by atoms with Crippen LogP contribution in [0.1, 0.15) is 46.5 Å². The van der Waals surface area contributed by atoms with Gasteiger partial charge in [-0.15, -0.1) is 0 Å². The highest BCUT2D eigenvalue weighted by Gasteiger charge is 2.53. The SMILES string of the molecule is CC(C)C1CC2(CCC(C)(CN)O2)C1. The van der Waals surface area contributed by atoms with Gasteiger partial charge in [0.25, 0.3) is 0 Å². The Morgan fingerprint density at radius 3 is 2.43 bits per heavy atom. The van der Waals surface area contributed by atoms with Crippen LogP contribution in [0.3, 0.4) is 0 Å². The van der Waals surface area contributed by atoms with Crippen molar-refractivity contribution in [1.29, 1.82) is 0 Å². The number of hydrogen-bond donors (Lipinski definition) is 1. The summed E-state index contributed by atoms with van der Waals surface area (Å²) in [6.07, 6.45) is 4.90. The van der Waals surface area contributed by atoms with E-state index in [-0.39, 0.29) is 11.2 Å². The lowest BCUT2D eigenvalue weighted by Crippen LogP contribution is -2.48. The van der Waals surface area contributed by atoms with Crippen LogP contribution in [-0.4, -0.2) is 17.7 Å². The second kappa shape index (κ2) is 3.21. The molecule has 0 aromatic heterocycles. The van der Waals surface area contributed by atoms with Crippen LogP contribution in [0.5, 0.6) is 0 Å². The first-order valence-corrected chi connectivity index (χ1v) is 5.89. The van der Waals surface area contributed by atoms with E-state index in [1.54, 1.807) is 0 Å². The zero-order chi connectivity index (χ0) is 10.4. The second-order valence-corrected chi connectivity index (χ2v) is 5.85. The van der Waals surface area contributed by atoms with E-state index in [9.17, 15) is 0 Å². The molecule has 1 heterocycles. The van der Waals surface area contributed by atoms with Crippen molar-refractivity contribution < 1.29 is 4.74 Å². The maximum Gasteiger partial charge on any atom is 0.0784 e. The molecule has 1 unspecified atom stereocenters. The first-order chi connectivity index (χ1) is 6.49. The lowest BCUT2D eigenvalue weighted by atomic mass is 9.65. The highest BCUT2D eigenvalue weighted by Crippen LogP contribution is 2.53. The Hall–Kier alpha value is -0.0800. The van der Waals surface area contributed by atoms with Crippen molar-refractivity contribution in [3.8, 4) is 0 Å². The van der Waals surface area contributed by atoms with E-state index in [1.165, 1.54) is 19.3 Å². The maximum absolute atomic E-state index is 6.18. The highest BCUT2D eigenvalue weighted by atomic mass is 16.5. The molecule has 0 bridgehead atoms. The summed E-state index contributed by atoms with van der Waals surface area (Å²) in [5, 5.41) is 0. The van der Waals surface area contributed by atoms with Gasteiger partial charge in [0.1, 0.15) is 0 Å². The Morgan fingerprint density at radius 2 is 2.00 bits per heavy atom. The van der Waals surface area contributed by atoms with Crippen LogP contribution in [0, 0.1) is 11.8 Å². The minimum absolute atomic E-state index is 0.0258. The van der Waals surface area contributed by atoms with Crippen LogP contribution in [0.15, 0.2) is 0 Å². The third-order valence-electron chi connectivity index (χ3n) is 4.22. The Bertz CT molecular complexity index is 220.